The van der Waals surface area contributed by atoms with Crippen molar-refractivity contribution in [3.63, 3.8) is 0 Å². The SMILES string of the molecule is Cc1nn(C)c(C)c1CCN(C)c1ncc(NC(=O)c2cccc(Cl)c2)cc1C(=O)O. The molecule has 0 spiro atoms. The summed E-state index contributed by atoms with van der Waals surface area (Å²) in [6.45, 7) is 4.53. The Kier molecular flexibility index (Phi) is 6.60. The molecule has 0 aliphatic carbocycles. The lowest BCUT2D eigenvalue weighted by Crippen LogP contribution is -2.24. The highest BCUT2D eigenvalue weighted by Crippen LogP contribution is 2.22. The van der Waals surface area contributed by atoms with Gasteiger partial charge in [-0.3, -0.25) is 9.48 Å². The van der Waals surface area contributed by atoms with Gasteiger partial charge in [-0.1, -0.05) is 17.7 Å². The molecule has 0 atom stereocenters. The fourth-order valence-electron chi connectivity index (χ4n) is 3.39. The van der Waals surface area contributed by atoms with Gasteiger partial charge in [0.1, 0.15) is 11.4 Å². The minimum absolute atomic E-state index is 0.00558. The number of rotatable bonds is 7. The smallest absolute Gasteiger partial charge is 0.339 e. The molecule has 3 aromatic rings. The zero-order valence-corrected chi connectivity index (χ0v) is 18.6. The van der Waals surface area contributed by atoms with Crippen LogP contribution >= 0.6 is 11.6 Å². The summed E-state index contributed by atoms with van der Waals surface area (Å²) >= 11 is 5.93. The molecule has 162 valence electrons. The van der Waals surface area contributed by atoms with Crippen molar-refractivity contribution in [2.75, 3.05) is 23.8 Å². The Hall–Kier alpha value is -3.39. The summed E-state index contributed by atoms with van der Waals surface area (Å²) in [7, 11) is 3.69. The number of anilines is 2. The van der Waals surface area contributed by atoms with E-state index in [0.29, 0.717) is 35.1 Å². The van der Waals surface area contributed by atoms with Crippen molar-refractivity contribution in [3.8, 4) is 0 Å². The summed E-state index contributed by atoms with van der Waals surface area (Å²) in [5, 5.41) is 17.2. The van der Waals surface area contributed by atoms with Gasteiger partial charge in [0, 0.05) is 36.9 Å². The van der Waals surface area contributed by atoms with Crippen LogP contribution in [0, 0.1) is 13.8 Å². The van der Waals surface area contributed by atoms with E-state index >= 15 is 0 Å². The Balaban J connectivity index is 1.78. The number of carbonyl (C=O) groups is 2. The van der Waals surface area contributed by atoms with Crippen LogP contribution < -0.4 is 10.2 Å². The second-order valence-corrected chi connectivity index (χ2v) is 7.75. The summed E-state index contributed by atoms with van der Waals surface area (Å²) in [4.78, 5) is 30.4. The number of aromatic carboxylic acids is 1. The van der Waals surface area contributed by atoms with Crippen molar-refractivity contribution in [1.82, 2.24) is 14.8 Å². The zero-order valence-electron chi connectivity index (χ0n) is 17.8. The number of carbonyl (C=O) groups excluding carboxylic acids is 1. The highest BCUT2D eigenvalue weighted by molar-refractivity contribution is 6.31. The molecule has 0 saturated heterocycles. The molecular formula is C22H24ClN5O3. The van der Waals surface area contributed by atoms with Crippen LogP contribution in [-0.4, -0.2) is 45.3 Å². The molecule has 0 radical (unpaired) electrons. The van der Waals surface area contributed by atoms with Crippen LogP contribution in [-0.2, 0) is 13.5 Å². The van der Waals surface area contributed by atoms with Gasteiger partial charge in [-0.15, -0.1) is 0 Å². The molecule has 2 heterocycles. The molecule has 0 fully saturated rings. The third-order valence-corrected chi connectivity index (χ3v) is 5.39. The molecule has 2 aromatic heterocycles. The Morgan fingerprint density at radius 1 is 1.26 bits per heavy atom. The average molecular weight is 442 g/mol. The van der Waals surface area contributed by atoms with Crippen LogP contribution in [0.25, 0.3) is 0 Å². The lowest BCUT2D eigenvalue weighted by molar-refractivity contribution is 0.0697. The number of likely N-dealkylation sites (N-methyl/N-ethyl adjacent to an activating group) is 1. The first-order valence-electron chi connectivity index (χ1n) is 9.68. The van der Waals surface area contributed by atoms with E-state index < -0.39 is 11.9 Å². The minimum atomic E-state index is -1.12. The van der Waals surface area contributed by atoms with Gasteiger partial charge in [0.25, 0.3) is 5.91 Å². The van der Waals surface area contributed by atoms with Crippen molar-refractivity contribution in [1.29, 1.82) is 0 Å². The van der Waals surface area contributed by atoms with E-state index in [1.807, 2.05) is 25.6 Å². The second kappa shape index (κ2) is 9.18. The third-order valence-electron chi connectivity index (χ3n) is 5.16. The number of hydrogen-bond acceptors (Lipinski definition) is 5. The van der Waals surface area contributed by atoms with E-state index in [-0.39, 0.29) is 5.56 Å². The number of hydrogen-bond donors (Lipinski definition) is 2. The molecule has 3 rings (SSSR count). The molecule has 0 bridgehead atoms. The maximum Gasteiger partial charge on any atom is 0.339 e. The number of halogens is 1. The summed E-state index contributed by atoms with van der Waals surface area (Å²) in [5.74, 6) is -1.20. The molecule has 0 unspecified atom stereocenters. The number of pyridine rings is 1. The maximum absolute atomic E-state index is 12.4. The molecule has 31 heavy (non-hydrogen) atoms. The van der Waals surface area contributed by atoms with Crippen LogP contribution in [0.5, 0.6) is 0 Å². The number of aromatic nitrogens is 3. The number of carboxylic acids is 1. The fraction of sp³-hybridized carbons (Fsp3) is 0.273. The minimum Gasteiger partial charge on any atom is -0.478 e. The quantitative estimate of drug-likeness (QED) is 0.579. The molecule has 8 nitrogen and oxygen atoms in total. The topological polar surface area (TPSA) is 100 Å². The van der Waals surface area contributed by atoms with E-state index in [1.54, 1.807) is 30.1 Å². The van der Waals surface area contributed by atoms with Crippen LogP contribution in [0.15, 0.2) is 36.5 Å². The van der Waals surface area contributed by atoms with Crippen LogP contribution in [0.1, 0.15) is 37.7 Å². The van der Waals surface area contributed by atoms with Gasteiger partial charge in [-0.2, -0.15) is 5.10 Å². The molecule has 2 N–H and O–H groups in total. The summed E-state index contributed by atoms with van der Waals surface area (Å²) in [5.41, 5.74) is 3.84. The Morgan fingerprint density at radius 3 is 2.61 bits per heavy atom. The molecule has 0 saturated carbocycles. The van der Waals surface area contributed by atoms with Gasteiger partial charge in [0.05, 0.1) is 17.6 Å². The first-order chi connectivity index (χ1) is 14.7. The first-order valence-corrected chi connectivity index (χ1v) is 10.1. The summed E-state index contributed by atoms with van der Waals surface area (Å²) in [6, 6.07) is 7.90. The van der Waals surface area contributed by atoms with Gasteiger partial charge in [0.2, 0.25) is 0 Å². The zero-order chi connectivity index (χ0) is 22.7. The van der Waals surface area contributed by atoms with Crippen LogP contribution in [0.2, 0.25) is 5.02 Å². The summed E-state index contributed by atoms with van der Waals surface area (Å²) < 4.78 is 1.84. The standard InChI is InChI=1S/C22H24ClN5O3/c1-13-18(14(2)28(4)26-13)8-9-27(3)20-19(22(30)31)11-17(12-24-20)25-21(29)15-6-5-7-16(23)10-15/h5-7,10-12H,8-9H2,1-4H3,(H,25,29)(H,30,31). The van der Waals surface area contributed by atoms with E-state index in [9.17, 15) is 14.7 Å². The number of nitrogens with zero attached hydrogens (tertiary/aromatic N) is 4. The molecule has 1 aromatic carbocycles. The van der Waals surface area contributed by atoms with E-state index in [4.69, 9.17) is 11.6 Å². The van der Waals surface area contributed by atoms with Gasteiger partial charge >= 0.3 is 5.97 Å². The first kappa shape index (κ1) is 22.3. The van der Waals surface area contributed by atoms with Crippen molar-refractivity contribution < 1.29 is 14.7 Å². The average Bonchev–Trinajstić information content (AvgIpc) is 2.97. The summed E-state index contributed by atoms with van der Waals surface area (Å²) in [6.07, 6.45) is 2.15. The van der Waals surface area contributed by atoms with E-state index in [1.165, 1.54) is 18.3 Å². The van der Waals surface area contributed by atoms with Crippen molar-refractivity contribution in [3.05, 3.63) is 69.6 Å². The molecule has 9 heteroatoms. The van der Waals surface area contributed by atoms with Crippen molar-refractivity contribution in [2.24, 2.45) is 7.05 Å². The van der Waals surface area contributed by atoms with Crippen LogP contribution in [0.3, 0.4) is 0 Å². The number of nitrogens with one attached hydrogen (secondary N) is 1. The number of aryl methyl sites for hydroxylation is 2. The predicted octanol–water partition coefficient (Wildman–Crippen LogP) is 3.71. The number of amides is 1. The van der Waals surface area contributed by atoms with E-state index in [2.05, 4.69) is 15.4 Å². The monoisotopic (exact) mass is 441 g/mol. The number of carboxylic acid groups (broad SMARTS) is 1. The lowest BCUT2D eigenvalue weighted by atomic mass is 10.1. The van der Waals surface area contributed by atoms with Crippen molar-refractivity contribution in [2.45, 2.75) is 20.3 Å². The normalized spacial score (nSPS) is 10.7. The third kappa shape index (κ3) is 5.03. The Morgan fingerprint density at radius 2 is 2.00 bits per heavy atom. The largest absolute Gasteiger partial charge is 0.478 e. The number of benzene rings is 1. The molecule has 1 amide bonds. The van der Waals surface area contributed by atoms with E-state index in [0.717, 1.165) is 17.0 Å². The van der Waals surface area contributed by atoms with Gasteiger partial charge in [0.15, 0.2) is 0 Å². The van der Waals surface area contributed by atoms with Gasteiger partial charge < -0.3 is 15.3 Å². The van der Waals surface area contributed by atoms with Crippen molar-refractivity contribution >= 4 is 35.0 Å². The molecule has 0 aliphatic rings. The predicted molar refractivity (Wildman–Crippen MR) is 120 cm³/mol. The Labute approximate surface area is 185 Å². The molecular weight excluding hydrogens is 418 g/mol. The van der Waals surface area contributed by atoms with Gasteiger partial charge in [-0.05, 0) is 50.1 Å². The maximum atomic E-state index is 12.4. The van der Waals surface area contributed by atoms with Gasteiger partial charge in [-0.25, -0.2) is 9.78 Å². The second-order valence-electron chi connectivity index (χ2n) is 7.31. The Bertz CT molecular complexity index is 1140. The molecule has 0 aliphatic heterocycles. The fourth-order valence-corrected chi connectivity index (χ4v) is 3.58. The highest BCUT2D eigenvalue weighted by Gasteiger charge is 2.18. The van der Waals surface area contributed by atoms with Crippen LogP contribution in [0.4, 0.5) is 11.5 Å². The highest BCUT2D eigenvalue weighted by atomic mass is 35.5. The lowest BCUT2D eigenvalue weighted by Gasteiger charge is -2.20.